The Bertz CT molecular complexity index is 6400. The molecule has 17 aromatic rings. The van der Waals surface area contributed by atoms with E-state index in [-0.39, 0.29) is 28.4 Å². The summed E-state index contributed by atoms with van der Waals surface area (Å²) >= 11 is 2.00. The largest absolute Gasteiger partial charge is 0.310 e. The number of rotatable bonds is 8. The summed E-state index contributed by atoms with van der Waals surface area (Å²) in [6.07, 6.45) is 0. The molecule has 0 aliphatic carbocycles. The Morgan fingerprint density at radius 3 is 1.42 bits per heavy atom. The second kappa shape index (κ2) is 24.1. The third-order valence-electron chi connectivity index (χ3n) is 23.1. The zero-order chi connectivity index (χ0) is 72.4. The highest BCUT2D eigenvalue weighted by Gasteiger charge is 2.46. The van der Waals surface area contributed by atoms with Crippen LogP contribution in [-0.4, -0.2) is 11.3 Å². The Balaban J connectivity index is 1.03. The van der Waals surface area contributed by atoms with Crippen molar-refractivity contribution in [2.45, 2.75) is 105 Å². The maximum atomic E-state index is 2.76. The molecule has 512 valence electrons. The number of fused-ring (bicyclic) bond motifs is 16. The highest BCUT2D eigenvalue weighted by atomic mass is 32.1. The Labute approximate surface area is 628 Å². The molecule has 0 N–H and O–H groups in total. The van der Waals surface area contributed by atoms with E-state index in [0.717, 1.165) is 22.4 Å². The van der Waals surface area contributed by atoms with E-state index in [1.54, 1.807) is 0 Å². The molecule has 2 aromatic heterocycles. The van der Waals surface area contributed by atoms with Crippen molar-refractivity contribution in [2.75, 3.05) is 4.90 Å². The van der Waals surface area contributed by atoms with Gasteiger partial charge in [0.2, 0.25) is 0 Å². The van der Waals surface area contributed by atoms with Crippen LogP contribution in [0.1, 0.15) is 105 Å². The summed E-state index contributed by atoms with van der Waals surface area (Å²) in [4.78, 5) is 2.76. The van der Waals surface area contributed by atoms with Gasteiger partial charge in [-0.15, -0.1) is 11.3 Å². The van der Waals surface area contributed by atoms with Gasteiger partial charge < -0.3 is 9.47 Å². The second-order valence-electron chi connectivity index (χ2n) is 33.9. The van der Waals surface area contributed by atoms with Crippen LogP contribution >= 0.6 is 11.3 Å². The van der Waals surface area contributed by atoms with Crippen molar-refractivity contribution < 1.29 is 0 Å². The van der Waals surface area contributed by atoms with E-state index < -0.39 is 0 Å². The Hall–Kier alpha value is -11.3. The van der Waals surface area contributed by atoms with Crippen LogP contribution in [0.15, 0.2) is 297 Å². The van der Waals surface area contributed by atoms with Gasteiger partial charge in [0.25, 0.3) is 6.71 Å². The monoisotopic (exact) mass is 1380 g/mol. The van der Waals surface area contributed by atoms with Crippen molar-refractivity contribution in [3.63, 3.8) is 0 Å². The molecule has 2 aliphatic rings. The van der Waals surface area contributed by atoms with Crippen LogP contribution in [0.3, 0.4) is 0 Å². The number of hydrogen-bond donors (Lipinski definition) is 0. The summed E-state index contributed by atoms with van der Waals surface area (Å²) in [7, 11) is 0. The molecule has 0 atom stereocenters. The zero-order valence-corrected chi connectivity index (χ0v) is 63.5. The quantitative estimate of drug-likeness (QED) is 0.109. The molecule has 0 saturated heterocycles. The number of thiophene rings is 1. The third-order valence-corrected chi connectivity index (χ3v) is 24.3. The van der Waals surface area contributed by atoms with E-state index in [4.69, 9.17) is 0 Å². The van der Waals surface area contributed by atoms with Crippen molar-refractivity contribution >= 4 is 115 Å². The standard InChI is InChI=1S/C102H85BN2S/c1-99(2,3)69-47-52-91-84(58-69)96-98(106-91)103-87-61-82-76-43-28-27-41-74(76)75-42-29-30-44-78(75)93(82)94-83-53-66(73-40-26-25-39-72(73)63-33-19-14-20-34-63)45-51-88(83)105(97(87)94)90-57-68(92-79(64-35-21-15-22-36-64)54-67(62-31-17-13-18-32-62)55-80(92)65-37-23-16-24-38-65)56-89(95(90)103)104(96)71-48-50-85(101(7,8)9)81(60-71)77-49-46-70(100(4,5)6)59-86(77)102(10,11)12/h13-61H,1-12H3. The highest BCUT2D eigenvalue weighted by molar-refractivity contribution is 7.33. The molecule has 19 rings (SSSR count). The van der Waals surface area contributed by atoms with Crippen molar-refractivity contribution in [1.82, 2.24) is 4.57 Å². The topological polar surface area (TPSA) is 8.17 Å². The molecule has 2 aliphatic heterocycles. The molecular weight excluding hydrogens is 1300 g/mol. The minimum atomic E-state index is -0.195. The van der Waals surface area contributed by atoms with E-state index in [0.29, 0.717) is 0 Å². The molecule has 0 fully saturated rings. The smallest absolute Gasteiger partial charge is 0.264 e. The first-order chi connectivity index (χ1) is 51.1. The minimum absolute atomic E-state index is 0.0366. The molecule has 0 amide bonds. The van der Waals surface area contributed by atoms with E-state index in [9.17, 15) is 0 Å². The number of nitrogens with zero attached hydrogens (tertiary/aromatic N) is 2. The van der Waals surface area contributed by atoms with Crippen LogP contribution in [0.5, 0.6) is 0 Å². The van der Waals surface area contributed by atoms with Gasteiger partial charge in [0.05, 0.1) is 16.7 Å². The molecule has 0 saturated carbocycles. The summed E-state index contributed by atoms with van der Waals surface area (Å²) in [5.41, 5.74) is 31.4. The predicted octanol–water partition coefficient (Wildman–Crippen LogP) is 26.9. The van der Waals surface area contributed by atoms with Crippen molar-refractivity contribution in [3.05, 3.63) is 320 Å². The average Bonchev–Trinajstić information content (AvgIpc) is 1.43. The maximum Gasteiger partial charge on any atom is 0.264 e. The number of benzene rings is 15. The van der Waals surface area contributed by atoms with Crippen molar-refractivity contribution in [2.24, 2.45) is 0 Å². The number of anilines is 3. The first-order valence-electron chi connectivity index (χ1n) is 37.8. The zero-order valence-electron chi connectivity index (χ0n) is 62.7. The van der Waals surface area contributed by atoms with E-state index in [1.807, 2.05) is 11.3 Å². The average molecular weight is 1380 g/mol. The van der Waals surface area contributed by atoms with Gasteiger partial charge in [-0.2, -0.15) is 0 Å². The van der Waals surface area contributed by atoms with Crippen LogP contribution in [0.4, 0.5) is 17.1 Å². The van der Waals surface area contributed by atoms with Crippen LogP contribution in [-0.2, 0) is 21.7 Å². The lowest BCUT2D eigenvalue weighted by atomic mass is 9.36. The lowest BCUT2D eigenvalue weighted by molar-refractivity contribution is 0.568. The molecule has 2 nitrogen and oxygen atoms in total. The fourth-order valence-corrected chi connectivity index (χ4v) is 19.3. The van der Waals surface area contributed by atoms with Gasteiger partial charge in [0.1, 0.15) is 0 Å². The van der Waals surface area contributed by atoms with Gasteiger partial charge >= 0.3 is 0 Å². The lowest BCUT2D eigenvalue weighted by Gasteiger charge is -2.40. The predicted molar refractivity (Wildman–Crippen MR) is 461 cm³/mol. The summed E-state index contributed by atoms with van der Waals surface area (Å²) in [6.45, 7) is 28.4. The fraction of sp³-hybridized carbons (Fsp3) is 0.157. The lowest BCUT2D eigenvalue weighted by Crippen LogP contribution is -2.59. The molecular formula is C102H85BN2S. The fourth-order valence-electron chi connectivity index (χ4n) is 18.0. The maximum absolute atomic E-state index is 2.76. The van der Waals surface area contributed by atoms with Crippen LogP contribution in [0.2, 0.25) is 0 Å². The summed E-state index contributed by atoms with van der Waals surface area (Å²) < 4.78 is 5.38. The SMILES string of the molecule is CC(C)(C)c1ccc(-c2cc(N3c4cc(-c5c(-c6ccccc6)cc(-c6ccccc6)cc5-c5ccccc5)cc5c4B(c4sc6ccc(C(C)(C)C)cc6c43)c3cc4c6ccccc6c6ccccc6c4c4c6cc(-c7ccccc7-c7ccccc7)ccc6n-5c34)ccc2C(C)(C)C)c(C(C)(C)C)c1. The van der Waals surface area contributed by atoms with Gasteiger partial charge in [0, 0.05) is 48.1 Å². The summed E-state index contributed by atoms with van der Waals surface area (Å²) in [5, 5.41) is 11.4. The Kier molecular flexibility index (Phi) is 14.9. The second-order valence-corrected chi connectivity index (χ2v) is 35.0. The molecule has 15 aromatic carbocycles. The minimum Gasteiger partial charge on any atom is -0.310 e. The first-order valence-corrected chi connectivity index (χ1v) is 38.6. The van der Waals surface area contributed by atoms with Gasteiger partial charge in [0.15, 0.2) is 0 Å². The summed E-state index contributed by atoms with van der Waals surface area (Å²) in [6, 6.07) is 114. The molecule has 4 heterocycles. The summed E-state index contributed by atoms with van der Waals surface area (Å²) in [5.74, 6) is 0. The molecule has 0 unspecified atom stereocenters. The van der Waals surface area contributed by atoms with Crippen LogP contribution in [0.25, 0.3) is 148 Å². The highest BCUT2D eigenvalue weighted by Crippen LogP contribution is 2.55. The number of hydrogen-bond acceptors (Lipinski definition) is 2. The molecule has 4 heteroatoms. The Morgan fingerprint density at radius 1 is 0.302 bits per heavy atom. The third kappa shape index (κ3) is 10.4. The van der Waals surface area contributed by atoms with Gasteiger partial charge in [-0.3, -0.25) is 0 Å². The van der Waals surface area contributed by atoms with Crippen molar-refractivity contribution in [3.8, 4) is 83.6 Å². The van der Waals surface area contributed by atoms with Gasteiger partial charge in [-0.1, -0.05) is 320 Å². The Morgan fingerprint density at radius 2 is 0.821 bits per heavy atom. The molecule has 0 bridgehead atoms. The number of aromatic nitrogens is 1. The molecule has 0 radical (unpaired) electrons. The van der Waals surface area contributed by atoms with Crippen LogP contribution in [0, 0.1) is 0 Å². The van der Waals surface area contributed by atoms with Gasteiger partial charge in [-0.05, 0) is 220 Å². The molecule has 0 spiro atoms. The van der Waals surface area contributed by atoms with Crippen molar-refractivity contribution in [1.29, 1.82) is 0 Å². The van der Waals surface area contributed by atoms with Gasteiger partial charge in [-0.25, -0.2) is 0 Å². The van der Waals surface area contributed by atoms with Crippen LogP contribution < -0.4 is 20.6 Å². The normalized spacial score (nSPS) is 13.1. The van der Waals surface area contributed by atoms with E-state index in [2.05, 4.69) is 390 Å². The molecule has 106 heavy (non-hydrogen) atoms. The first kappa shape index (κ1) is 65.5. The van der Waals surface area contributed by atoms with E-state index in [1.165, 1.54) is 180 Å². The van der Waals surface area contributed by atoms with E-state index >= 15 is 0 Å².